The number of fused-ring (bicyclic) bond motifs is 1. The van der Waals surface area contributed by atoms with Crippen LogP contribution in [0.4, 0.5) is 36.3 Å². The largest absolute Gasteiger partial charge is 0.586 e. The molecule has 0 radical (unpaired) electrons. The van der Waals surface area contributed by atoms with E-state index in [1.54, 1.807) is 0 Å². The van der Waals surface area contributed by atoms with Crippen molar-refractivity contribution in [2.45, 2.75) is 6.29 Å². The van der Waals surface area contributed by atoms with E-state index in [-0.39, 0.29) is 44.7 Å². The highest BCUT2D eigenvalue weighted by Crippen LogP contribution is 2.42. The molecule has 0 aliphatic carbocycles. The van der Waals surface area contributed by atoms with Crippen molar-refractivity contribution in [2.24, 2.45) is 0 Å². The van der Waals surface area contributed by atoms with Crippen molar-refractivity contribution in [3.05, 3.63) is 52.4 Å². The molecule has 2 heterocycles. The first kappa shape index (κ1) is 19.2. The van der Waals surface area contributed by atoms with Crippen LogP contribution in [0.5, 0.6) is 17.2 Å². The molecule has 2 aromatic carbocycles. The van der Waals surface area contributed by atoms with Gasteiger partial charge >= 0.3 is 6.29 Å². The summed E-state index contributed by atoms with van der Waals surface area (Å²) >= 11 is 11.7. The monoisotopic (exact) mass is 444 g/mol. The Labute approximate surface area is 171 Å². The third-order valence-electron chi connectivity index (χ3n) is 3.68. The molecule has 0 saturated carbocycles. The van der Waals surface area contributed by atoms with Crippen LogP contribution in [0.1, 0.15) is 0 Å². The Balaban J connectivity index is 1.57. The first-order valence-electron chi connectivity index (χ1n) is 7.85. The molecule has 0 bridgehead atoms. The molecule has 0 spiro atoms. The fraction of sp³-hybridized carbons (Fsp3) is 0.0588. The molecule has 1 aliphatic heterocycles. The number of phenols is 1. The Morgan fingerprint density at radius 2 is 1.66 bits per heavy atom. The van der Waals surface area contributed by atoms with Crippen LogP contribution >= 0.6 is 23.2 Å². The van der Waals surface area contributed by atoms with E-state index >= 15 is 0 Å². The van der Waals surface area contributed by atoms with E-state index in [4.69, 9.17) is 23.2 Å². The molecule has 0 unspecified atom stereocenters. The van der Waals surface area contributed by atoms with Crippen molar-refractivity contribution in [2.75, 3.05) is 10.6 Å². The molecular weight excluding hydrogens is 436 g/mol. The zero-order valence-electron chi connectivity index (χ0n) is 14.0. The predicted molar refractivity (Wildman–Crippen MR) is 99.3 cm³/mol. The molecule has 0 fully saturated rings. The first-order valence-corrected chi connectivity index (χ1v) is 8.60. The summed E-state index contributed by atoms with van der Waals surface area (Å²) in [7, 11) is 0. The van der Waals surface area contributed by atoms with Gasteiger partial charge in [0.15, 0.2) is 28.9 Å². The summed E-state index contributed by atoms with van der Waals surface area (Å²) in [5.74, 6) is -1.67. The Morgan fingerprint density at radius 3 is 2.38 bits per heavy atom. The lowest BCUT2D eigenvalue weighted by atomic mass is 10.3. The summed E-state index contributed by atoms with van der Waals surface area (Å²) < 4.78 is 49.0. The minimum atomic E-state index is -3.76. The van der Waals surface area contributed by atoms with Crippen LogP contribution in [0.25, 0.3) is 0 Å². The van der Waals surface area contributed by atoms with Gasteiger partial charge < -0.3 is 25.2 Å². The average Bonchev–Trinajstić information content (AvgIpc) is 2.95. The lowest BCUT2D eigenvalue weighted by Crippen LogP contribution is -2.25. The molecule has 4 rings (SSSR count). The topological polar surface area (TPSA) is 88.5 Å². The van der Waals surface area contributed by atoms with E-state index in [9.17, 15) is 18.3 Å². The summed E-state index contributed by atoms with van der Waals surface area (Å²) in [4.78, 5) is 7.79. The number of phenolic OH excluding ortho intramolecular Hbond substituents is 1. The maximum absolute atomic E-state index is 14.1. The van der Waals surface area contributed by atoms with Gasteiger partial charge in [-0.05, 0) is 24.3 Å². The van der Waals surface area contributed by atoms with E-state index in [0.29, 0.717) is 5.69 Å². The van der Waals surface area contributed by atoms with Crippen LogP contribution in [0.3, 0.4) is 0 Å². The van der Waals surface area contributed by atoms with Gasteiger partial charge in [0, 0.05) is 17.4 Å². The number of anilines is 4. The molecule has 1 aromatic heterocycles. The van der Waals surface area contributed by atoms with Gasteiger partial charge in [-0.25, -0.2) is 9.37 Å². The first-order chi connectivity index (χ1) is 13.7. The molecule has 3 aromatic rings. The number of nitrogens with one attached hydrogen (secondary N) is 2. The van der Waals surface area contributed by atoms with E-state index in [1.165, 1.54) is 30.3 Å². The number of aromatic nitrogens is 2. The van der Waals surface area contributed by atoms with Crippen LogP contribution in [-0.2, 0) is 0 Å². The molecule has 3 N–H and O–H groups in total. The van der Waals surface area contributed by atoms with Gasteiger partial charge in [0.25, 0.3) is 0 Å². The number of benzene rings is 2. The van der Waals surface area contributed by atoms with Gasteiger partial charge in [0.05, 0.1) is 16.2 Å². The second-order valence-corrected chi connectivity index (χ2v) is 6.57. The maximum Gasteiger partial charge on any atom is 0.586 e. The minimum Gasteiger partial charge on any atom is -0.505 e. The van der Waals surface area contributed by atoms with Crippen molar-refractivity contribution in [3.8, 4) is 17.2 Å². The summed E-state index contributed by atoms with van der Waals surface area (Å²) in [5.41, 5.74) is 0.574. The third kappa shape index (κ3) is 4.03. The molecule has 150 valence electrons. The molecular formula is C17H9Cl2F3N4O3. The van der Waals surface area contributed by atoms with Gasteiger partial charge in [-0.1, -0.05) is 23.2 Å². The summed E-state index contributed by atoms with van der Waals surface area (Å²) in [5, 5.41) is 15.0. The molecule has 0 saturated heterocycles. The highest BCUT2D eigenvalue weighted by Gasteiger charge is 2.43. The summed E-state index contributed by atoms with van der Waals surface area (Å²) in [6, 6.07) is 6.60. The number of hydrogen-bond acceptors (Lipinski definition) is 7. The second kappa shape index (κ2) is 7.05. The van der Waals surface area contributed by atoms with E-state index in [0.717, 1.165) is 6.20 Å². The Hall–Kier alpha value is -3.11. The van der Waals surface area contributed by atoms with Crippen LogP contribution < -0.4 is 20.1 Å². The zero-order chi connectivity index (χ0) is 20.8. The van der Waals surface area contributed by atoms with Gasteiger partial charge in [-0.3, -0.25) is 0 Å². The van der Waals surface area contributed by atoms with E-state index in [1.807, 2.05) is 0 Å². The van der Waals surface area contributed by atoms with Crippen LogP contribution in [0.2, 0.25) is 10.0 Å². The number of hydrogen-bond donors (Lipinski definition) is 3. The Morgan fingerprint density at radius 1 is 0.966 bits per heavy atom. The van der Waals surface area contributed by atoms with Crippen molar-refractivity contribution in [1.82, 2.24) is 9.97 Å². The summed E-state index contributed by atoms with van der Waals surface area (Å²) in [6.45, 7) is 0. The maximum atomic E-state index is 14.1. The van der Waals surface area contributed by atoms with E-state index in [2.05, 4.69) is 30.1 Å². The fourth-order valence-electron chi connectivity index (χ4n) is 2.45. The van der Waals surface area contributed by atoms with Crippen LogP contribution in [-0.4, -0.2) is 21.4 Å². The van der Waals surface area contributed by atoms with Gasteiger partial charge in [-0.15, -0.1) is 8.78 Å². The molecule has 0 amide bonds. The highest BCUT2D eigenvalue weighted by atomic mass is 35.5. The number of aromatic hydroxyl groups is 1. The highest BCUT2D eigenvalue weighted by molar-refractivity contribution is 6.37. The SMILES string of the molecule is Oc1c(Cl)cc(Nc2ncc(F)c(Nc3ccc4c(c3)OC(F)(F)O4)n2)cc1Cl. The number of alkyl halides is 2. The lowest BCUT2D eigenvalue weighted by Gasteiger charge is -2.11. The predicted octanol–water partition coefficient (Wildman–Crippen LogP) is 5.44. The number of nitrogens with zero attached hydrogens (tertiary/aromatic N) is 2. The van der Waals surface area contributed by atoms with Gasteiger partial charge in [0.1, 0.15) is 0 Å². The van der Waals surface area contributed by atoms with Crippen molar-refractivity contribution < 1.29 is 27.8 Å². The molecule has 29 heavy (non-hydrogen) atoms. The zero-order valence-corrected chi connectivity index (χ0v) is 15.5. The number of ether oxygens (including phenoxy) is 2. The van der Waals surface area contributed by atoms with Crippen molar-refractivity contribution in [1.29, 1.82) is 0 Å². The van der Waals surface area contributed by atoms with Gasteiger partial charge in [-0.2, -0.15) is 4.98 Å². The van der Waals surface area contributed by atoms with Crippen molar-refractivity contribution >= 4 is 46.3 Å². The van der Waals surface area contributed by atoms with Gasteiger partial charge in [0.2, 0.25) is 5.95 Å². The number of halogens is 5. The minimum absolute atomic E-state index is 0.00220. The smallest absolute Gasteiger partial charge is 0.505 e. The molecule has 1 aliphatic rings. The fourth-order valence-corrected chi connectivity index (χ4v) is 2.93. The molecule has 12 heteroatoms. The van der Waals surface area contributed by atoms with E-state index < -0.39 is 12.1 Å². The Kier molecular flexibility index (Phi) is 4.67. The number of rotatable bonds is 4. The third-order valence-corrected chi connectivity index (χ3v) is 4.26. The lowest BCUT2D eigenvalue weighted by molar-refractivity contribution is -0.286. The quantitative estimate of drug-likeness (QED) is 0.461. The van der Waals surface area contributed by atoms with Crippen molar-refractivity contribution in [3.63, 3.8) is 0 Å². The molecule has 7 nitrogen and oxygen atoms in total. The summed E-state index contributed by atoms with van der Waals surface area (Å²) in [6.07, 6.45) is -2.85. The normalized spacial score (nSPS) is 14.0. The average molecular weight is 445 g/mol. The standard InChI is InChI=1S/C17H9Cl2F3N4O3/c18-9-3-8(4-10(19)14(9)27)25-16-23-6-11(20)15(26-16)24-7-1-2-12-13(5-7)29-17(21,22)28-12/h1-6,27H,(H2,23,24,25,26). The molecule has 0 atom stereocenters. The second-order valence-electron chi connectivity index (χ2n) is 5.76. The van der Waals surface area contributed by atoms with Crippen LogP contribution in [0, 0.1) is 5.82 Å². The van der Waals surface area contributed by atoms with Crippen LogP contribution in [0.15, 0.2) is 36.5 Å². The Bertz CT molecular complexity index is 1090.